The number of aryl methyl sites for hydroxylation is 1. The molecule has 4 heteroatoms. The van der Waals surface area contributed by atoms with Gasteiger partial charge in [0.15, 0.2) is 0 Å². The quantitative estimate of drug-likeness (QED) is 0.651. The summed E-state index contributed by atoms with van der Waals surface area (Å²) in [5.74, 6) is 0.933. The van der Waals surface area contributed by atoms with Crippen LogP contribution in [0, 0.1) is 6.92 Å². The van der Waals surface area contributed by atoms with Gasteiger partial charge in [-0.1, -0.05) is 11.6 Å². The van der Waals surface area contributed by atoms with Crippen LogP contribution in [0.15, 0.2) is 30.7 Å². The van der Waals surface area contributed by atoms with Crippen LogP contribution < -0.4 is 0 Å². The number of rotatable bonds is 1. The Balaban J connectivity index is 2.53. The fourth-order valence-corrected chi connectivity index (χ4v) is 1.36. The standard InChI is InChI=1S/C9H8ClN3/c1-7-11-4-5-13(7)8-2-3-12-9(10)6-8/h2-6H,1H3. The molecule has 0 saturated heterocycles. The predicted molar refractivity (Wildman–Crippen MR) is 51.1 cm³/mol. The maximum atomic E-state index is 5.77. The Kier molecular flexibility index (Phi) is 2.02. The molecule has 0 aliphatic rings. The smallest absolute Gasteiger partial charge is 0.131 e. The van der Waals surface area contributed by atoms with E-state index in [9.17, 15) is 0 Å². The molecular formula is C9H8ClN3. The highest BCUT2D eigenvalue weighted by Crippen LogP contribution is 2.13. The third kappa shape index (κ3) is 1.55. The largest absolute Gasteiger partial charge is 0.304 e. The first-order chi connectivity index (χ1) is 6.27. The molecule has 0 atom stereocenters. The van der Waals surface area contributed by atoms with Crippen molar-refractivity contribution in [2.24, 2.45) is 0 Å². The molecule has 13 heavy (non-hydrogen) atoms. The lowest BCUT2D eigenvalue weighted by molar-refractivity contribution is 0.970. The number of hydrogen-bond acceptors (Lipinski definition) is 2. The fourth-order valence-electron chi connectivity index (χ4n) is 1.19. The number of aromatic nitrogens is 3. The lowest BCUT2D eigenvalue weighted by Gasteiger charge is -2.03. The van der Waals surface area contributed by atoms with E-state index in [-0.39, 0.29) is 0 Å². The molecule has 2 aromatic rings. The van der Waals surface area contributed by atoms with Crippen molar-refractivity contribution in [2.75, 3.05) is 0 Å². The summed E-state index contributed by atoms with van der Waals surface area (Å²) in [6, 6.07) is 3.69. The van der Waals surface area contributed by atoms with E-state index in [0.717, 1.165) is 11.5 Å². The lowest BCUT2D eigenvalue weighted by Crippen LogP contribution is -1.95. The SMILES string of the molecule is Cc1nccn1-c1ccnc(Cl)c1. The van der Waals surface area contributed by atoms with E-state index in [1.807, 2.05) is 23.8 Å². The fraction of sp³-hybridized carbons (Fsp3) is 0.111. The van der Waals surface area contributed by atoms with E-state index >= 15 is 0 Å². The topological polar surface area (TPSA) is 30.7 Å². The van der Waals surface area contributed by atoms with Gasteiger partial charge < -0.3 is 4.57 Å². The van der Waals surface area contributed by atoms with Gasteiger partial charge in [0.25, 0.3) is 0 Å². The van der Waals surface area contributed by atoms with Crippen LogP contribution in [0.4, 0.5) is 0 Å². The zero-order valence-electron chi connectivity index (χ0n) is 7.11. The molecule has 2 aromatic heterocycles. The van der Waals surface area contributed by atoms with Crippen molar-refractivity contribution in [1.82, 2.24) is 14.5 Å². The number of pyridine rings is 1. The van der Waals surface area contributed by atoms with Gasteiger partial charge in [-0.15, -0.1) is 0 Å². The molecule has 0 radical (unpaired) electrons. The molecule has 0 aromatic carbocycles. The van der Waals surface area contributed by atoms with Crippen LogP contribution in [0.25, 0.3) is 5.69 Å². The molecule has 3 nitrogen and oxygen atoms in total. The molecule has 0 saturated carbocycles. The summed E-state index contributed by atoms with van der Waals surface area (Å²) in [5.41, 5.74) is 0.981. The van der Waals surface area contributed by atoms with E-state index in [0.29, 0.717) is 5.15 Å². The van der Waals surface area contributed by atoms with Crippen molar-refractivity contribution in [3.05, 3.63) is 41.7 Å². The molecular weight excluding hydrogens is 186 g/mol. The zero-order chi connectivity index (χ0) is 9.26. The second kappa shape index (κ2) is 3.18. The minimum absolute atomic E-state index is 0.491. The molecule has 0 N–H and O–H groups in total. The number of nitrogens with zero attached hydrogens (tertiary/aromatic N) is 3. The first-order valence-electron chi connectivity index (χ1n) is 3.89. The van der Waals surface area contributed by atoms with Gasteiger partial charge in [0.1, 0.15) is 11.0 Å². The summed E-state index contributed by atoms with van der Waals surface area (Å²) in [4.78, 5) is 8.03. The second-order valence-corrected chi connectivity index (χ2v) is 3.07. The Morgan fingerprint density at radius 3 is 2.77 bits per heavy atom. The van der Waals surface area contributed by atoms with Crippen LogP contribution >= 0.6 is 11.6 Å². The van der Waals surface area contributed by atoms with Crippen molar-refractivity contribution in [3.63, 3.8) is 0 Å². The van der Waals surface area contributed by atoms with E-state index in [4.69, 9.17) is 11.6 Å². The molecule has 0 bridgehead atoms. The molecule has 66 valence electrons. The van der Waals surface area contributed by atoms with E-state index in [1.54, 1.807) is 18.5 Å². The summed E-state index contributed by atoms with van der Waals surface area (Å²) in [5, 5.41) is 0.491. The molecule has 2 heterocycles. The Morgan fingerprint density at radius 1 is 1.31 bits per heavy atom. The maximum absolute atomic E-state index is 5.77. The van der Waals surface area contributed by atoms with Crippen molar-refractivity contribution in [2.45, 2.75) is 6.92 Å². The first kappa shape index (κ1) is 8.26. The molecule has 2 rings (SSSR count). The van der Waals surface area contributed by atoms with Gasteiger partial charge in [-0.05, 0) is 19.1 Å². The van der Waals surface area contributed by atoms with Gasteiger partial charge in [0.05, 0.1) is 5.69 Å². The summed E-state index contributed by atoms with van der Waals surface area (Å²) < 4.78 is 1.95. The van der Waals surface area contributed by atoms with Crippen molar-refractivity contribution < 1.29 is 0 Å². The van der Waals surface area contributed by atoms with Crippen molar-refractivity contribution in [1.29, 1.82) is 0 Å². The van der Waals surface area contributed by atoms with Gasteiger partial charge >= 0.3 is 0 Å². The second-order valence-electron chi connectivity index (χ2n) is 2.68. The molecule has 0 spiro atoms. The highest BCUT2D eigenvalue weighted by molar-refractivity contribution is 6.29. The minimum Gasteiger partial charge on any atom is -0.304 e. The Labute approximate surface area is 81.0 Å². The lowest BCUT2D eigenvalue weighted by atomic mass is 10.4. The van der Waals surface area contributed by atoms with Gasteiger partial charge in [-0.3, -0.25) is 0 Å². The van der Waals surface area contributed by atoms with Crippen LogP contribution in [0.3, 0.4) is 0 Å². The summed E-state index contributed by atoms with van der Waals surface area (Å²) in [6.07, 6.45) is 5.32. The predicted octanol–water partition coefficient (Wildman–Crippen LogP) is 2.23. The van der Waals surface area contributed by atoms with Crippen LogP contribution in [0.1, 0.15) is 5.82 Å². The molecule has 0 fully saturated rings. The van der Waals surface area contributed by atoms with Crippen LogP contribution in [-0.2, 0) is 0 Å². The molecule has 0 unspecified atom stereocenters. The van der Waals surface area contributed by atoms with Gasteiger partial charge in [-0.25, -0.2) is 9.97 Å². The highest BCUT2D eigenvalue weighted by atomic mass is 35.5. The number of imidazole rings is 1. The minimum atomic E-state index is 0.491. The van der Waals surface area contributed by atoms with E-state index in [2.05, 4.69) is 9.97 Å². The number of halogens is 1. The van der Waals surface area contributed by atoms with Crippen LogP contribution in [0.2, 0.25) is 5.15 Å². The molecule has 0 aliphatic carbocycles. The van der Waals surface area contributed by atoms with Gasteiger partial charge in [0, 0.05) is 18.6 Å². The average molecular weight is 194 g/mol. The van der Waals surface area contributed by atoms with Gasteiger partial charge in [0.2, 0.25) is 0 Å². The third-order valence-corrected chi connectivity index (χ3v) is 2.02. The van der Waals surface area contributed by atoms with Crippen molar-refractivity contribution in [3.8, 4) is 5.69 Å². The maximum Gasteiger partial charge on any atom is 0.131 e. The first-order valence-corrected chi connectivity index (χ1v) is 4.27. The van der Waals surface area contributed by atoms with Crippen LogP contribution in [0.5, 0.6) is 0 Å². The summed E-state index contributed by atoms with van der Waals surface area (Å²) >= 11 is 5.77. The average Bonchev–Trinajstić information content (AvgIpc) is 2.51. The van der Waals surface area contributed by atoms with E-state index < -0.39 is 0 Å². The number of hydrogen-bond donors (Lipinski definition) is 0. The Morgan fingerprint density at radius 2 is 2.15 bits per heavy atom. The van der Waals surface area contributed by atoms with Crippen molar-refractivity contribution >= 4 is 11.6 Å². The molecule has 0 amide bonds. The van der Waals surface area contributed by atoms with E-state index in [1.165, 1.54) is 0 Å². The van der Waals surface area contributed by atoms with Crippen LogP contribution in [-0.4, -0.2) is 14.5 Å². The zero-order valence-corrected chi connectivity index (χ0v) is 7.86. The van der Waals surface area contributed by atoms with Gasteiger partial charge in [-0.2, -0.15) is 0 Å². The summed E-state index contributed by atoms with van der Waals surface area (Å²) in [6.45, 7) is 1.94. The Bertz CT molecular complexity index is 422. The highest BCUT2D eigenvalue weighted by Gasteiger charge is 2.00. The monoisotopic (exact) mass is 193 g/mol. The summed E-state index contributed by atoms with van der Waals surface area (Å²) in [7, 11) is 0. The molecule has 0 aliphatic heterocycles. The normalized spacial score (nSPS) is 10.3. The third-order valence-electron chi connectivity index (χ3n) is 1.81. The Hall–Kier alpha value is -1.35.